The standard InChI is InChI=1S/C19H36N6O2/c1-15(17(27)24-8-6-7-9-24)23-10-12-25(13-11-23)18(20-5)21-14-16(26)22-19(2,3)4/h15H,6-14H2,1-5H3,(H,20,21)(H,22,26). The second-order valence-electron chi connectivity index (χ2n) is 8.43. The highest BCUT2D eigenvalue weighted by molar-refractivity contribution is 5.87. The Hall–Kier alpha value is -1.83. The maximum Gasteiger partial charge on any atom is 0.239 e. The molecule has 1 unspecified atom stereocenters. The number of aliphatic imine (C=N–C) groups is 1. The van der Waals surface area contributed by atoms with Gasteiger partial charge in [0.1, 0.15) is 0 Å². The van der Waals surface area contributed by atoms with Crippen LogP contribution in [0.5, 0.6) is 0 Å². The molecule has 2 heterocycles. The van der Waals surface area contributed by atoms with Gasteiger partial charge in [-0.25, -0.2) is 0 Å². The lowest BCUT2D eigenvalue weighted by Gasteiger charge is -2.39. The number of nitrogens with one attached hydrogen (secondary N) is 2. The zero-order chi connectivity index (χ0) is 20.0. The molecule has 0 aromatic carbocycles. The maximum absolute atomic E-state index is 12.6. The molecule has 0 radical (unpaired) electrons. The number of hydrogen-bond acceptors (Lipinski definition) is 4. The number of amides is 2. The Kier molecular flexibility index (Phi) is 7.47. The van der Waals surface area contributed by atoms with E-state index in [1.165, 1.54) is 0 Å². The van der Waals surface area contributed by atoms with Crippen LogP contribution in [0.15, 0.2) is 4.99 Å². The van der Waals surface area contributed by atoms with Crippen molar-refractivity contribution in [1.29, 1.82) is 0 Å². The predicted octanol–water partition coefficient (Wildman–Crippen LogP) is 0.105. The van der Waals surface area contributed by atoms with Crippen LogP contribution in [0, 0.1) is 0 Å². The SMILES string of the molecule is CN=C(NCC(=O)NC(C)(C)C)N1CCN(C(C)C(=O)N2CCCC2)CC1. The number of hydrogen-bond donors (Lipinski definition) is 2. The van der Waals surface area contributed by atoms with Crippen LogP contribution < -0.4 is 10.6 Å². The van der Waals surface area contributed by atoms with Gasteiger partial charge in [-0.3, -0.25) is 19.5 Å². The molecule has 0 spiro atoms. The Bertz CT molecular complexity index is 543. The molecule has 2 saturated heterocycles. The van der Waals surface area contributed by atoms with E-state index in [0.29, 0.717) is 0 Å². The highest BCUT2D eigenvalue weighted by Gasteiger charge is 2.30. The summed E-state index contributed by atoms with van der Waals surface area (Å²) in [6.07, 6.45) is 2.24. The summed E-state index contributed by atoms with van der Waals surface area (Å²) in [4.78, 5) is 35.3. The van der Waals surface area contributed by atoms with Gasteiger partial charge in [-0.15, -0.1) is 0 Å². The smallest absolute Gasteiger partial charge is 0.239 e. The molecule has 0 aliphatic carbocycles. The van der Waals surface area contributed by atoms with Crippen LogP contribution in [-0.4, -0.2) is 96.9 Å². The first kappa shape index (κ1) is 21.5. The number of nitrogens with zero attached hydrogens (tertiary/aromatic N) is 4. The Morgan fingerprint density at radius 3 is 2.11 bits per heavy atom. The molecule has 2 aliphatic rings. The Morgan fingerprint density at radius 1 is 1.00 bits per heavy atom. The van der Waals surface area contributed by atoms with E-state index < -0.39 is 0 Å². The zero-order valence-corrected chi connectivity index (χ0v) is 17.5. The van der Waals surface area contributed by atoms with Crippen molar-refractivity contribution in [2.45, 2.75) is 52.1 Å². The van der Waals surface area contributed by atoms with Gasteiger partial charge in [0.15, 0.2) is 5.96 Å². The van der Waals surface area contributed by atoms with Gasteiger partial charge in [-0.1, -0.05) is 0 Å². The molecule has 2 rings (SSSR count). The van der Waals surface area contributed by atoms with Gasteiger partial charge in [0.25, 0.3) is 0 Å². The number of rotatable bonds is 4. The first-order valence-corrected chi connectivity index (χ1v) is 10.0. The fourth-order valence-electron chi connectivity index (χ4n) is 3.63. The molecule has 8 nitrogen and oxygen atoms in total. The van der Waals surface area contributed by atoms with Crippen molar-refractivity contribution in [1.82, 2.24) is 25.3 Å². The zero-order valence-electron chi connectivity index (χ0n) is 17.5. The van der Waals surface area contributed by atoms with Gasteiger partial charge in [-0.05, 0) is 40.5 Å². The Labute approximate surface area is 163 Å². The van der Waals surface area contributed by atoms with Gasteiger partial charge in [-0.2, -0.15) is 0 Å². The van der Waals surface area contributed by atoms with E-state index in [1.807, 2.05) is 32.6 Å². The number of likely N-dealkylation sites (tertiary alicyclic amines) is 1. The largest absolute Gasteiger partial charge is 0.350 e. The third kappa shape index (κ3) is 6.37. The van der Waals surface area contributed by atoms with E-state index in [-0.39, 0.29) is 29.9 Å². The summed E-state index contributed by atoms with van der Waals surface area (Å²) in [7, 11) is 1.73. The summed E-state index contributed by atoms with van der Waals surface area (Å²) in [6.45, 7) is 13.1. The first-order chi connectivity index (χ1) is 12.7. The van der Waals surface area contributed by atoms with Crippen LogP contribution in [0.3, 0.4) is 0 Å². The average Bonchev–Trinajstić information content (AvgIpc) is 3.14. The van der Waals surface area contributed by atoms with Gasteiger partial charge in [0, 0.05) is 51.9 Å². The molecule has 2 fully saturated rings. The van der Waals surface area contributed by atoms with Crippen molar-refractivity contribution in [3.8, 4) is 0 Å². The fraction of sp³-hybridized carbons (Fsp3) is 0.842. The lowest BCUT2D eigenvalue weighted by atomic mass is 10.1. The van der Waals surface area contributed by atoms with E-state index in [9.17, 15) is 9.59 Å². The minimum absolute atomic E-state index is 0.0490. The van der Waals surface area contributed by atoms with Crippen LogP contribution >= 0.6 is 0 Å². The van der Waals surface area contributed by atoms with Crippen LogP contribution in [-0.2, 0) is 9.59 Å². The van der Waals surface area contributed by atoms with Gasteiger partial charge in [0.05, 0.1) is 12.6 Å². The Morgan fingerprint density at radius 2 is 1.59 bits per heavy atom. The summed E-state index contributed by atoms with van der Waals surface area (Å²) in [5.74, 6) is 0.937. The lowest BCUT2D eigenvalue weighted by Crippen LogP contribution is -2.57. The van der Waals surface area contributed by atoms with Crippen LogP contribution in [0.2, 0.25) is 0 Å². The van der Waals surface area contributed by atoms with Crippen molar-refractivity contribution >= 4 is 17.8 Å². The van der Waals surface area contributed by atoms with Crippen molar-refractivity contribution in [3.63, 3.8) is 0 Å². The summed E-state index contributed by atoms with van der Waals surface area (Å²) in [6, 6.07) is -0.0715. The molecule has 8 heteroatoms. The molecular weight excluding hydrogens is 344 g/mol. The Balaban J connectivity index is 1.79. The van der Waals surface area contributed by atoms with Crippen LogP contribution in [0.25, 0.3) is 0 Å². The summed E-state index contributed by atoms with van der Waals surface area (Å²) in [5, 5.41) is 6.08. The van der Waals surface area contributed by atoms with Crippen molar-refractivity contribution in [3.05, 3.63) is 0 Å². The predicted molar refractivity (Wildman–Crippen MR) is 108 cm³/mol. The van der Waals surface area contributed by atoms with Crippen LogP contribution in [0.1, 0.15) is 40.5 Å². The lowest BCUT2D eigenvalue weighted by molar-refractivity contribution is -0.135. The molecule has 0 saturated carbocycles. The molecule has 154 valence electrons. The molecule has 0 bridgehead atoms. The normalized spacial score (nSPS) is 20.6. The van der Waals surface area contributed by atoms with Crippen molar-refractivity contribution in [2.24, 2.45) is 4.99 Å². The highest BCUT2D eigenvalue weighted by Crippen LogP contribution is 2.14. The minimum Gasteiger partial charge on any atom is -0.350 e. The molecule has 2 amide bonds. The molecule has 1 atom stereocenters. The fourth-order valence-corrected chi connectivity index (χ4v) is 3.63. The minimum atomic E-state index is -0.244. The van der Waals surface area contributed by atoms with Crippen molar-refractivity contribution < 1.29 is 9.59 Å². The third-order valence-corrected chi connectivity index (χ3v) is 5.07. The third-order valence-electron chi connectivity index (χ3n) is 5.07. The van der Waals surface area contributed by atoms with Gasteiger partial charge < -0.3 is 20.4 Å². The van der Waals surface area contributed by atoms with E-state index in [0.717, 1.165) is 58.1 Å². The number of carbonyl (C=O) groups is 2. The van der Waals surface area contributed by atoms with Gasteiger partial charge in [0.2, 0.25) is 11.8 Å². The molecule has 2 N–H and O–H groups in total. The summed E-state index contributed by atoms with van der Waals surface area (Å²) >= 11 is 0. The highest BCUT2D eigenvalue weighted by atomic mass is 16.2. The van der Waals surface area contributed by atoms with Crippen molar-refractivity contribution in [2.75, 3.05) is 52.9 Å². The van der Waals surface area contributed by atoms with E-state index >= 15 is 0 Å². The maximum atomic E-state index is 12.6. The number of carbonyl (C=O) groups excluding carboxylic acids is 2. The van der Waals surface area contributed by atoms with E-state index in [4.69, 9.17) is 0 Å². The summed E-state index contributed by atoms with van der Waals surface area (Å²) < 4.78 is 0. The first-order valence-electron chi connectivity index (χ1n) is 10.0. The van der Waals surface area contributed by atoms with Gasteiger partial charge >= 0.3 is 0 Å². The quantitative estimate of drug-likeness (QED) is 0.534. The second kappa shape index (κ2) is 9.39. The molecular formula is C19H36N6O2. The molecule has 2 aliphatic heterocycles. The summed E-state index contributed by atoms with van der Waals surface area (Å²) in [5.41, 5.74) is -0.244. The monoisotopic (exact) mass is 380 g/mol. The topological polar surface area (TPSA) is 80.3 Å². The molecule has 27 heavy (non-hydrogen) atoms. The molecule has 0 aromatic heterocycles. The van der Waals surface area contributed by atoms with Crippen LogP contribution in [0.4, 0.5) is 0 Å². The molecule has 0 aromatic rings. The second-order valence-corrected chi connectivity index (χ2v) is 8.43. The van der Waals surface area contributed by atoms with E-state index in [1.54, 1.807) is 7.05 Å². The average molecular weight is 381 g/mol. The van der Waals surface area contributed by atoms with E-state index in [2.05, 4.69) is 25.4 Å². The number of piperazine rings is 1. The number of guanidine groups is 1.